The highest BCUT2D eigenvalue weighted by Gasteiger charge is 2.16. The lowest BCUT2D eigenvalue weighted by atomic mass is 10.0. The summed E-state index contributed by atoms with van der Waals surface area (Å²) in [4.78, 5) is 13.9. The molecule has 0 unspecified atom stereocenters. The van der Waals surface area contributed by atoms with Crippen molar-refractivity contribution in [1.29, 1.82) is 0 Å². The van der Waals surface area contributed by atoms with Gasteiger partial charge in [0.2, 0.25) is 5.91 Å². The van der Waals surface area contributed by atoms with Gasteiger partial charge in [0.25, 0.3) is 0 Å². The largest absolute Gasteiger partial charge is 0.351 e. The molecule has 1 rings (SSSR count). The Hall–Kier alpha value is -1.39. The fourth-order valence-corrected chi connectivity index (χ4v) is 1.81. The van der Waals surface area contributed by atoms with Crippen molar-refractivity contribution in [2.24, 2.45) is 11.7 Å². The van der Waals surface area contributed by atoms with Gasteiger partial charge >= 0.3 is 0 Å². The zero-order valence-electron chi connectivity index (χ0n) is 12.3. The van der Waals surface area contributed by atoms with Crippen LogP contribution in [0.25, 0.3) is 0 Å². The van der Waals surface area contributed by atoms with Crippen molar-refractivity contribution in [3.05, 3.63) is 35.4 Å². The SMILES string of the molecule is CC(C)[C@H](N)C(=O)NCc1cccc(CN(C)C)c1. The molecule has 4 nitrogen and oxygen atoms in total. The zero-order chi connectivity index (χ0) is 14.4. The lowest BCUT2D eigenvalue weighted by molar-refractivity contribution is -0.123. The van der Waals surface area contributed by atoms with E-state index in [0.29, 0.717) is 6.54 Å². The second-order valence-electron chi connectivity index (χ2n) is 5.55. The lowest BCUT2D eigenvalue weighted by Crippen LogP contribution is -2.43. The second kappa shape index (κ2) is 7.26. The minimum Gasteiger partial charge on any atom is -0.351 e. The number of amides is 1. The summed E-state index contributed by atoms with van der Waals surface area (Å²) >= 11 is 0. The van der Waals surface area contributed by atoms with Crippen LogP contribution in [0.4, 0.5) is 0 Å². The Bertz CT molecular complexity index is 416. The van der Waals surface area contributed by atoms with E-state index in [1.165, 1.54) is 5.56 Å². The van der Waals surface area contributed by atoms with Crippen molar-refractivity contribution in [3.63, 3.8) is 0 Å². The summed E-state index contributed by atoms with van der Waals surface area (Å²) in [5, 5.41) is 2.88. The summed E-state index contributed by atoms with van der Waals surface area (Å²) in [6, 6.07) is 7.79. The highest BCUT2D eigenvalue weighted by molar-refractivity contribution is 5.81. The summed E-state index contributed by atoms with van der Waals surface area (Å²) in [5.74, 6) is 0.0630. The number of hydrogen-bond acceptors (Lipinski definition) is 3. The van der Waals surface area contributed by atoms with Gasteiger partial charge in [0.1, 0.15) is 0 Å². The second-order valence-corrected chi connectivity index (χ2v) is 5.55. The van der Waals surface area contributed by atoms with Gasteiger partial charge in [-0.2, -0.15) is 0 Å². The zero-order valence-corrected chi connectivity index (χ0v) is 12.3. The number of benzene rings is 1. The van der Waals surface area contributed by atoms with Gasteiger partial charge < -0.3 is 16.0 Å². The Morgan fingerprint density at radius 1 is 1.32 bits per heavy atom. The maximum atomic E-state index is 11.8. The van der Waals surface area contributed by atoms with Crippen LogP contribution in [0.15, 0.2) is 24.3 Å². The Labute approximate surface area is 116 Å². The van der Waals surface area contributed by atoms with Gasteiger partial charge in [0.15, 0.2) is 0 Å². The molecule has 3 N–H and O–H groups in total. The van der Waals surface area contributed by atoms with Crippen LogP contribution in [0.3, 0.4) is 0 Å². The molecule has 0 saturated carbocycles. The predicted octanol–water partition coefficient (Wildman–Crippen LogP) is 1.35. The van der Waals surface area contributed by atoms with E-state index in [-0.39, 0.29) is 11.8 Å². The van der Waals surface area contributed by atoms with E-state index in [9.17, 15) is 4.79 Å². The molecule has 0 radical (unpaired) electrons. The van der Waals surface area contributed by atoms with Crippen molar-refractivity contribution in [2.75, 3.05) is 14.1 Å². The molecule has 0 heterocycles. The summed E-state index contributed by atoms with van der Waals surface area (Å²) in [5.41, 5.74) is 8.14. The van der Waals surface area contributed by atoms with Gasteiger partial charge in [0, 0.05) is 13.1 Å². The van der Waals surface area contributed by atoms with E-state index in [1.807, 2.05) is 40.1 Å². The molecule has 1 amide bonds. The number of nitrogens with zero attached hydrogens (tertiary/aromatic N) is 1. The third-order valence-corrected chi connectivity index (χ3v) is 2.98. The molecule has 1 atom stereocenters. The minimum atomic E-state index is -0.440. The molecule has 1 aromatic carbocycles. The molecule has 0 saturated heterocycles. The quantitative estimate of drug-likeness (QED) is 0.814. The average Bonchev–Trinajstić information content (AvgIpc) is 2.34. The summed E-state index contributed by atoms with van der Waals surface area (Å²) in [6.45, 7) is 5.32. The Balaban J connectivity index is 2.56. The average molecular weight is 263 g/mol. The number of carbonyl (C=O) groups is 1. The molecule has 1 aromatic rings. The first-order chi connectivity index (χ1) is 8.90. The van der Waals surface area contributed by atoms with E-state index in [2.05, 4.69) is 22.3 Å². The van der Waals surface area contributed by atoms with Gasteiger partial charge in [-0.25, -0.2) is 0 Å². The first-order valence-electron chi connectivity index (χ1n) is 6.66. The third-order valence-electron chi connectivity index (χ3n) is 2.98. The van der Waals surface area contributed by atoms with Crippen LogP contribution in [-0.2, 0) is 17.9 Å². The van der Waals surface area contributed by atoms with Crippen LogP contribution >= 0.6 is 0 Å². The van der Waals surface area contributed by atoms with Crippen LogP contribution in [0, 0.1) is 5.92 Å². The molecule has 106 valence electrons. The van der Waals surface area contributed by atoms with Crippen LogP contribution in [0.5, 0.6) is 0 Å². The van der Waals surface area contributed by atoms with E-state index in [1.54, 1.807) is 0 Å². The van der Waals surface area contributed by atoms with Gasteiger partial charge in [-0.1, -0.05) is 38.1 Å². The fourth-order valence-electron chi connectivity index (χ4n) is 1.81. The molecule has 0 aliphatic rings. The standard InChI is InChI=1S/C15H25N3O/c1-11(2)14(16)15(19)17-9-12-6-5-7-13(8-12)10-18(3)4/h5-8,11,14H,9-10,16H2,1-4H3,(H,17,19)/t14-/m0/s1. The van der Waals surface area contributed by atoms with Crippen LogP contribution in [-0.4, -0.2) is 30.9 Å². The topological polar surface area (TPSA) is 58.4 Å². The first-order valence-corrected chi connectivity index (χ1v) is 6.66. The maximum Gasteiger partial charge on any atom is 0.237 e. The van der Waals surface area contributed by atoms with E-state index < -0.39 is 6.04 Å². The smallest absolute Gasteiger partial charge is 0.237 e. The normalized spacial score (nSPS) is 12.8. The summed E-state index contributed by atoms with van der Waals surface area (Å²) in [6.07, 6.45) is 0. The van der Waals surface area contributed by atoms with Crippen molar-refractivity contribution in [3.8, 4) is 0 Å². The molecular weight excluding hydrogens is 238 g/mol. The third kappa shape index (κ3) is 5.41. The summed E-state index contributed by atoms with van der Waals surface area (Å²) < 4.78 is 0. The van der Waals surface area contributed by atoms with E-state index in [0.717, 1.165) is 12.1 Å². The predicted molar refractivity (Wildman–Crippen MR) is 78.5 cm³/mol. The van der Waals surface area contributed by atoms with Crippen molar-refractivity contribution < 1.29 is 4.79 Å². The minimum absolute atomic E-state index is 0.0898. The number of nitrogens with two attached hydrogens (primary N) is 1. The highest BCUT2D eigenvalue weighted by Crippen LogP contribution is 2.07. The van der Waals surface area contributed by atoms with E-state index >= 15 is 0 Å². The van der Waals surface area contributed by atoms with Crippen LogP contribution in [0.2, 0.25) is 0 Å². The highest BCUT2D eigenvalue weighted by atomic mass is 16.2. The molecule has 0 aliphatic heterocycles. The monoisotopic (exact) mass is 263 g/mol. The Morgan fingerprint density at radius 2 is 1.95 bits per heavy atom. The van der Waals surface area contributed by atoms with Crippen molar-refractivity contribution in [2.45, 2.75) is 33.0 Å². The number of hydrogen-bond donors (Lipinski definition) is 2. The van der Waals surface area contributed by atoms with Gasteiger partial charge in [-0.15, -0.1) is 0 Å². The summed E-state index contributed by atoms with van der Waals surface area (Å²) in [7, 11) is 4.08. The van der Waals surface area contributed by atoms with Crippen LogP contribution < -0.4 is 11.1 Å². The number of rotatable bonds is 6. The van der Waals surface area contributed by atoms with Gasteiger partial charge in [0.05, 0.1) is 6.04 Å². The number of carbonyl (C=O) groups excluding carboxylic acids is 1. The molecular formula is C15H25N3O. The molecule has 0 bridgehead atoms. The van der Waals surface area contributed by atoms with Crippen molar-refractivity contribution in [1.82, 2.24) is 10.2 Å². The molecule has 0 aromatic heterocycles. The Kier molecular flexibility index (Phi) is 5.99. The maximum absolute atomic E-state index is 11.8. The fraction of sp³-hybridized carbons (Fsp3) is 0.533. The first kappa shape index (κ1) is 15.7. The molecule has 0 fully saturated rings. The molecule has 19 heavy (non-hydrogen) atoms. The molecule has 0 spiro atoms. The van der Waals surface area contributed by atoms with E-state index in [4.69, 9.17) is 5.73 Å². The molecule has 0 aliphatic carbocycles. The van der Waals surface area contributed by atoms with Gasteiger partial charge in [-0.05, 0) is 31.1 Å². The lowest BCUT2D eigenvalue weighted by Gasteiger charge is -2.16. The van der Waals surface area contributed by atoms with Gasteiger partial charge in [-0.3, -0.25) is 4.79 Å². The molecule has 4 heteroatoms. The van der Waals surface area contributed by atoms with Crippen molar-refractivity contribution >= 4 is 5.91 Å². The Morgan fingerprint density at radius 3 is 2.53 bits per heavy atom. The number of nitrogens with one attached hydrogen (secondary N) is 1. The van der Waals surface area contributed by atoms with Crippen LogP contribution in [0.1, 0.15) is 25.0 Å².